The second kappa shape index (κ2) is 7.57. The highest BCUT2D eigenvalue weighted by Crippen LogP contribution is 2.32. The molecule has 1 fully saturated rings. The minimum Gasteiger partial charge on any atom is -0.482 e. The van der Waals surface area contributed by atoms with Crippen molar-refractivity contribution in [2.24, 2.45) is 0 Å². The second-order valence-corrected chi connectivity index (χ2v) is 7.02. The first-order chi connectivity index (χ1) is 13.5. The number of nitrogens with zero attached hydrogens (tertiary/aromatic N) is 5. The third kappa shape index (κ3) is 3.78. The summed E-state index contributed by atoms with van der Waals surface area (Å²) in [5.74, 6) is 0.603. The number of ether oxygens (including phenoxy) is 1. The Bertz CT molecular complexity index is 952. The van der Waals surface area contributed by atoms with Crippen LogP contribution in [0.1, 0.15) is 30.1 Å². The molecule has 3 heterocycles. The number of fused-ring (bicyclic) bond motifs is 1. The molecule has 0 radical (unpaired) electrons. The van der Waals surface area contributed by atoms with E-state index < -0.39 is 12.0 Å². The minimum absolute atomic E-state index is 0.0803. The summed E-state index contributed by atoms with van der Waals surface area (Å²) >= 11 is 3.23. The highest BCUT2D eigenvalue weighted by atomic mass is 79.9. The molecule has 4 rings (SSSR count). The normalized spacial score (nSPS) is 15.9. The summed E-state index contributed by atoms with van der Waals surface area (Å²) in [5, 5.41) is 10.9. The number of hydrogen-bond donors (Lipinski definition) is 0. The van der Waals surface area contributed by atoms with Gasteiger partial charge in [-0.05, 0) is 64.5 Å². The van der Waals surface area contributed by atoms with Gasteiger partial charge in [-0.15, -0.1) is 15.3 Å². The molecule has 3 aromatic rings. The van der Waals surface area contributed by atoms with E-state index in [0.717, 1.165) is 23.1 Å². The Morgan fingerprint density at radius 3 is 2.39 bits per heavy atom. The maximum Gasteiger partial charge on any atom is 0.453 e. The largest absolute Gasteiger partial charge is 0.482 e. The highest BCUT2D eigenvalue weighted by molar-refractivity contribution is 9.09. The van der Waals surface area contributed by atoms with Crippen molar-refractivity contribution in [3.8, 4) is 5.75 Å². The second-order valence-electron chi connectivity index (χ2n) is 6.57. The van der Waals surface area contributed by atoms with Crippen LogP contribution in [-0.2, 0) is 6.18 Å². The average Bonchev–Trinajstić information content (AvgIpc) is 3.13. The topological polar surface area (TPSA) is 55.5 Å². The fourth-order valence-corrected chi connectivity index (χ4v) is 3.73. The molecule has 0 spiro atoms. The summed E-state index contributed by atoms with van der Waals surface area (Å²) in [6, 6.07) is 11.2. The van der Waals surface area contributed by atoms with Crippen molar-refractivity contribution in [2.75, 3.05) is 23.5 Å². The molecule has 0 amide bonds. The fraction of sp³-hybridized carbons (Fsp3) is 0.389. The Balaban J connectivity index is 1.47. The molecule has 0 unspecified atom stereocenters. The van der Waals surface area contributed by atoms with Gasteiger partial charge in [-0.3, -0.25) is 0 Å². The minimum atomic E-state index is -4.59. The van der Waals surface area contributed by atoms with Gasteiger partial charge in [0.1, 0.15) is 17.1 Å². The number of aromatic nitrogens is 4. The van der Waals surface area contributed by atoms with Gasteiger partial charge >= 0.3 is 6.18 Å². The molecule has 1 aliphatic rings. The molecule has 1 saturated heterocycles. The van der Waals surface area contributed by atoms with E-state index in [9.17, 15) is 13.2 Å². The molecule has 28 heavy (non-hydrogen) atoms. The number of hydrogen-bond acceptors (Lipinski definition) is 5. The van der Waals surface area contributed by atoms with E-state index in [1.807, 2.05) is 17.0 Å². The van der Waals surface area contributed by atoms with E-state index in [-0.39, 0.29) is 5.65 Å². The van der Waals surface area contributed by atoms with Crippen molar-refractivity contribution >= 4 is 27.4 Å². The highest BCUT2D eigenvalue weighted by Gasteiger charge is 2.38. The molecular weight excluding hydrogens is 439 g/mol. The van der Waals surface area contributed by atoms with Crippen LogP contribution in [0.25, 0.3) is 5.65 Å². The molecule has 0 aliphatic carbocycles. The Kier molecular flexibility index (Phi) is 5.13. The standard InChI is InChI=1S/C18H17BrF3N5O/c19-11-28-14-3-1-12(2-4-14)13-7-9-26(10-8-13)16-6-5-15-23-24-17(18(20,21)22)27(15)25-16/h1-6,13H,7-11H2. The zero-order valence-electron chi connectivity index (χ0n) is 14.7. The van der Waals surface area contributed by atoms with Crippen LogP contribution in [0.2, 0.25) is 0 Å². The van der Waals surface area contributed by atoms with E-state index in [4.69, 9.17) is 4.74 Å². The predicted octanol–water partition coefficient (Wildman–Crippen LogP) is 4.26. The summed E-state index contributed by atoms with van der Waals surface area (Å²) in [5.41, 5.74) is 1.77. The van der Waals surface area contributed by atoms with Gasteiger partial charge in [0, 0.05) is 13.1 Å². The first kappa shape index (κ1) is 19.0. The monoisotopic (exact) mass is 455 g/mol. The lowest BCUT2D eigenvalue weighted by Crippen LogP contribution is -2.34. The van der Waals surface area contributed by atoms with Crippen LogP contribution in [0.3, 0.4) is 0 Å². The number of anilines is 1. The zero-order chi connectivity index (χ0) is 19.7. The average molecular weight is 456 g/mol. The van der Waals surface area contributed by atoms with Gasteiger partial charge in [-0.25, -0.2) is 0 Å². The van der Waals surface area contributed by atoms with Crippen LogP contribution in [0.5, 0.6) is 5.75 Å². The van der Waals surface area contributed by atoms with Crippen LogP contribution >= 0.6 is 15.9 Å². The first-order valence-corrected chi connectivity index (χ1v) is 9.91. The number of rotatable bonds is 4. The van der Waals surface area contributed by atoms with Crippen molar-refractivity contribution < 1.29 is 17.9 Å². The third-order valence-corrected chi connectivity index (χ3v) is 5.12. The van der Waals surface area contributed by atoms with Crippen molar-refractivity contribution in [3.05, 3.63) is 47.8 Å². The van der Waals surface area contributed by atoms with E-state index in [1.165, 1.54) is 11.6 Å². The molecule has 1 aromatic carbocycles. The van der Waals surface area contributed by atoms with Gasteiger partial charge < -0.3 is 9.64 Å². The molecule has 0 atom stereocenters. The third-order valence-electron chi connectivity index (χ3n) is 4.89. The fourth-order valence-electron chi connectivity index (χ4n) is 3.47. The van der Waals surface area contributed by atoms with Gasteiger partial charge in [0.05, 0.1) is 0 Å². The Morgan fingerprint density at radius 1 is 1.04 bits per heavy atom. The molecule has 10 heteroatoms. The van der Waals surface area contributed by atoms with Crippen LogP contribution in [0, 0.1) is 0 Å². The molecule has 0 saturated carbocycles. The van der Waals surface area contributed by atoms with Crippen molar-refractivity contribution in [1.82, 2.24) is 19.8 Å². The van der Waals surface area contributed by atoms with Crippen LogP contribution in [0.15, 0.2) is 36.4 Å². The Labute approximate surface area is 167 Å². The Hall–Kier alpha value is -2.36. The molecule has 1 aliphatic heterocycles. The zero-order valence-corrected chi connectivity index (χ0v) is 16.3. The van der Waals surface area contributed by atoms with E-state index in [1.54, 1.807) is 6.07 Å². The molecule has 0 N–H and O–H groups in total. The lowest BCUT2D eigenvalue weighted by molar-refractivity contribution is -0.146. The maximum atomic E-state index is 13.1. The van der Waals surface area contributed by atoms with Gasteiger partial charge in [0.25, 0.3) is 5.82 Å². The maximum absolute atomic E-state index is 13.1. The summed E-state index contributed by atoms with van der Waals surface area (Å²) in [6.07, 6.45) is -2.80. The van der Waals surface area contributed by atoms with Crippen LogP contribution in [-0.4, -0.2) is 38.4 Å². The molecule has 148 valence electrons. The van der Waals surface area contributed by atoms with E-state index >= 15 is 0 Å². The lowest BCUT2D eigenvalue weighted by Gasteiger charge is -2.33. The quantitative estimate of drug-likeness (QED) is 0.550. The van der Waals surface area contributed by atoms with E-state index in [2.05, 4.69) is 43.4 Å². The van der Waals surface area contributed by atoms with Gasteiger partial charge in [-0.2, -0.15) is 17.7 Å². The molecule has 2 aromatic heterocycles. The van der Waals surface area contributed by atoms with Crippen LogP contribution < -0.4 is 9.64 Å². The number of piperidine rings is 1. The first-order valence-electron chi connectivity index (χ1n) is 8.79. The predicted molar refractivity (Wildman–Crippen MR) is 101 cm³/mol. The number of halogens is 4. The lowest BCUT2D eigenvalue weighted by atomic mass is 9.89. The van der Waals surface area contributed by atoms with E-state index in [0.29, 0.717) is 30.3 Å². The SMILES string of the molecule is FC(F)(F)c1nnc2ccc(N3CCC(c4ccc(OCBr)cc4)CC3)nn12. The van der Waals surface area contributed by atoms with Crippen molar-refractivity contribution in [1.29, 1.82) is 0 Å². The summed E-state index contributed by atoms with van der Waals surface area (Å²) < 4.78 is 45.3. The Morgan fingerprint density at radius 2 is 1.75 bits per heavy atom. The molecule has 0 bridgehead atoms. The summed E-state index contributed by atoms with van der Waals surface area (Å²) in [6.45, 7) is 1.43. The number of benzene rings is 1. The number of alkyl halides is 4. The summed E-state index contributed by atoms with van der Waals surface area (Å²) in [7, 11) is 0. The van der Waals surface area contributed by atoms with Gasteiger partial charge in [-0.1, -0.05) is 12.1 Å². The van der Waals surface area contributed by atoms with Gasteiger partial charge in [0.2, 0.25) is 0 Å². The smallest absolute Gasteiger partial charge is 0.453 e. The molecular formula is C18H17BrF3N5O. The molecule has 6 nitrogen and oxygen atoms in total. The van der Waals surface area contributed by atoms with Gasteiger partial charge in [0.15, 0.2) is 5.65 Å². The van der Waals surface area contributed by atoms with Crippen molar-refractivity contribution in [2.45, 2.75) is 24.9 Å². The van der Waals surface area contributed by atoms with Crippen molar-refractivity contribution in [3.63, 3.8) is 0 Å². The van der Waals surface area contributed by atoms with Crippen LogP contribution in [0.4, 0.5) is 19.0 Å². The summed E-state index contributed by atoms with van der Waals surface area (Å²) in [4.78, 5) is 2.00.